The molecule has 168 valence electrons. The third kappa shape index (κ3) is 3.53. The van der Waals surface area contributed by atoms with E-state index in [0.29, 0.717) is 34.5 Å². The summed E-state index contributed by atoms with van der Waals surface area (Å²) < 4.78 is 32.5. The van der Waals surface area contributed by atoms with Crippen molar-refractivity contribution in [2.24, 2.45) is 0 Å². The molecule has 2 N–H and O–H groups in total. The van der Waals surface area contributed by atoms with Gasteiger partial charge >= 0.3 is 5.97 Å². The Balaban J connectivity index is 1.97. The Morgan fingerprint density at radius 3 is 2.44 bits per heavy atom. The summed E-state index contributed by atoms with van der Waals surface area (Å²) in [6.45, 7) is 2.06. The zero-order valence-electron chi connectivity index (χ0n) is 18.2. The van der Waals surface area contributed by atoms with Gasteiger partial charge in [0.05, 0.1) is 44.7 Å². The van der Waals surface area contributed by atoms with E-state index in [1.807, 2.05) is 18.2 Å². The number of nitrogens with zero attached hydrogens (tertiary/aromatic N) is 2. The summed E-state index contributed by atoms with van der Waals surface area (Å²) in [4.78, 5) is 21.4. The molecule has 0 fully saturated rings. The molecule has 0 radical (unpaired) electrons. The first kappa shape index (κ1) is 21.3. The highest BCUT2D eigenvalue weighted by atomic mass is 16.7. The van der Waals surface area contributed by atoms with Crippen molar-refractivity contribution in [2.45, 2.75) is 13.3 Å². The van der Waals surface area contributed by atoms with Gasteiger partial charge in [-0.1, -0.05) is 6.07 Å². The molecule has 0 amide bonds. The first-order valence-electron chi connectivity index (χ1n) is 9.85. The van der Waals surface area contributed by atoms with Gasteiger partial charge in [-0.25, -0.2) is 14.8 Å². The quantitative estimate of drug-likeness (QED) is 0.432. The fourth-order valence-corrected chi connectivity index (χ4v) is 3.64. The molecule has 4 rings (SSSR count). The monoisotopic (exact) mass is 441 g/mol. The van der Waals surface area contributed by atoms with Crippen LogP contribution in [0.1, 0.15) is 28.8 Å². The van der Waals surface area contributed by atoms with Crippen LogP contribution in [-0.4, -0.2) is 50.7 Å². The van der Waals surface area contributed by atoms with Crippen molar-refractivity contribution in [1.82, 2.24) is 9.97 Å². The number of rotatable bonds is 7. The van der Waals surface area contributed by atoms with Gasteiger partial charge in [-0.15, -0.1) is 0 Å². The van der Waals surface area contributed by atoms with Gasteiger partial charge in [-0.05, 0) is 24.6 Å². The van der Waals surface area contributed by atoms with E-state index in [1.54, 1.807) is 6.92 Å². The molecule has 0 saturated carbocycles. The van der Waals surface area contributed by atoms with Crippen LogP contribution < -0.4 is 29.4 Å². The van der Waals surface area contributed by atoms with Crippen LogP contribution in [0.2, 0.25) is 0 Å². The molecular formula is C22H23N3O7. The van der Waals surface area contributed by atoms with Gasteiger partial charge in [0, 0.05) is 6.42 Å². The van der Waals surface area contributed by atoms with Gasteiger partial charge in [0.25, 0.3) is 0 Å². The second-order valence-corrected chi connectivity index (χ2v) is 6.82. The number of methoxy groups -OCH3 is 3. The van der Waals surface area contributed by atoms with E-state index in [1.165, 1.54) is 21.3 Å². The molecule has 10 nitrogen and oxygen atoms in total. The standard InChI is InChI=1S/C22H23N3O7/c1-5-30-22(26)21-24-12(8-11-6-7-13-14(9-11)32-10-31-13)15-16(23)18(27-2)20(29-4)19(28-3)17(15)25-21/h6-7,9H,5,8,10,23H2,1-4H3. The lowest BCUT2D eigenvalue weighted by molar-refractivity contribution is 0.0512. The Labute approximate surface area is 184 Å². The SMILES string of the molecule is CCOC(=O)c1nc(Cc2ccc3c(c2)OCO3)c2c(N)c(OC)c(OC)c(OC)c2n1. The normalized spacial score (nSPS) is 12.0. The number of nitrogen functional groups attached to an aromatic ring is 1. The predicted molar refractivity (Wildman–Crippen MR) is 115 cm³/mol. The fraction of sp³-hybridized carbons (Fsp3) is 0.318. The van der Waals surface area contributed by atoms with Gasteiger partial charge in [0.15, 0.2) is 23.0 Å². The second kappa shape index (κ2) is 8.66. The van der Waals surface area contributed by atoms with Crippen LogP contribution in [0.4, 0.5) is 5.69 Å². The highest BCUT2D eigenvalue weighted by molar-refractivity contribution is 6.03. The molecule has 0 unspecified atom stereocenters. The van der Waals surface area contributed by atoms with Gasteiger partial charge in [-0.3, -0.25) is 0 Å². The first-order chi connectivity index (χ1) is 15.5. The summed E-state index contributed by atoms with van der Waals surface area (Å²) in [5, 5.41) is 0.491. The van der Waals surface area contributed by atoms with E-state index in [4.69, 9.17) is 34.2 Å². The van der Waals surface area contributed by atoms with E-state index >= 15 is 0 Å². The topological polar surface area (TPSA) is 124 Å². The van der Waals surface area contributed by atoms with Gasteiger partial charge in [-0.2, -0.15) is 0 Å². The van der Waals surface area contributed by atoms with E-state index in [-0.39, 0.29) is 42.2 Å². The lowest BCUT2D eigenvalue weighted by Crippen LogP contribution is -2.13. The van der Waals surface area contributed by atoms with Gasteiger partial charge in [0.1, 0.15) is 5.52 Å². The van der Waals surface area contributed by atoms with Crippen LogP contribution in [0.25, 0.3) is 10.9 Å². The summed E-state index contributed by atoms with van der Waals surface area (Å²) in [5.74, 6) is 1.36. The van der Waals surface area contributed by atoms with Crippen molar-refractivity contribution in [3.05, 3.63) is 35.3 Å². The molecule has 0 aliphatic carbocycles. The molecule has 0 atom stereocenters. The molecular weight excluding hydrogens is 418 g/mol. The van der Waals surface area contributed by atoms with E-state index in [0.717, 1.165) is 5.56 Å². The van der Waals surface area contributed by atoms with Crippen LogP contribution >= 0.6 is 0 Å². The van der Waals surface area contributed by atoms with Crippen LogP contribution in [-0.2, 0) is 11.2 Å². The van der Waals surface area contributed by atoms with Crippen LogP contribution in [0.3, 0.4) is 0 Å². The molecule has 1 aliphatic heterocycles. The van der Waals surface area contributed by atoms with Crippen molar-refractivity contribution in [1.29, 1.82) is 0 Å². The Hall–Kier alpha value is -3.95. The van der Waals surface area contributed by atoms with Crippen LogP contribution in [0.15, 0.2) is 18.2 Å². The maximum absolute atomic E-state index is 12.5. The lowest BCUT2D eigenvalue weighted by atomic mass is 10.0. The molecule has 0 spiro atoms. The molecule has 10 heteroatoms. The number of anilines is 1. The minimum Gasteiger partial charge on any atom is -0.491 e. The Bertz CT molecular complexity index is 1200. The number of nitrogens with two attached hydrogens (primary N) is 1. The Morgan fingerprint density at radius 2 is 1.75 bits per heavy atom. The maximum Gasteiger partial charge on any atom is 0.376 e. The zero-order valence-corrected chi connectivity index (χ0v) is 18.2. The number of benzene rings is 2. The molecule has 32 heavy (non-hydrogen) atoms. The number of hydrogen-bond acceptors (Lipinski definition) is 10. The number of ether oxygens (including phenoxy) is 6. The predicted octanol–water partition coefficient (Wildman–Crippen LogP) is 2.73. The summed E-state index contributed by atoms with van der Waals surface area (Å²) in [5.41, 5.74) is 8.41. The van der Waals surface area contributed by atoms with Crippen molar-refractivity contribution < 1.29 is 33.2 Å². The number of esters is 1. The van der Waals surface area contributed by atoms with Crippen molar-refractivity contribution in [2.75, 3.05) is 40.5 Å². The Morgan fingerprint density at radius 1 is 1.03 bits per heavy atom. The minimum absolute atomic E-state index is 0.111. The van der Waals surface area contributed by atoms with Gasteiger partial charge < -0.3 is 34.2 Å². The smallest absolute Gasteiger partial charge is 0.376 e. The molecule has 1 aliphatic rings. The number of hydrogen-bond donors (Lipinski definition) is 1. The van der Waals surface area contributed by atoms with Crippen LogP contribution in [0, 0.1) is 0 Å². The molecule has 1 aromatic heterocycles. The average Bonchev–Trinajstić information content (AvgIpc) is 3.26. The second-order valence-electron chi connectivity index (χ2n) is 6.82. The molecule has 0 bridgehead atoms. The highest BCUT2D eigenvalue weighted by Gasteiger charge is 2.27. The first-order valence-corrected chi connectivity index (χ1v) is 9.85. The maximum atomic E-state index is 12.5. The fourth-order valence-electron chi connectivity index (χ4n) is 3.64. The third-order valence-corrected chi connectivity index (χ3v) is 5.00. The molecule has 2 aromatic carbocycles. The van der Waals surface area contributed by atoms with Crippen molar-refractivity contribution in [3.63, 3.8) is 0 Å². The highest BCUT2D eigenvalue weighted by Crippen LogP contribution is 2.48. The Kier molecular flexibility index (Phi) is 5.76. The summed E-state index contributed by atoms with van der Waals surface area (Å²) in [6, 6.07) is 5.56. The van der Waals surface area contributed by atoms with E-state index in [9.17, 15) is 4.79 Å². The van der Waals surface area contributed by atoms with Crippen LogP contribution in [0.5, 0.6) is 28.7 Å². The van der Waals surface area contributed by atoms with Crippen molar-refractivity contribution >= 4 is 22.6 Å². The number of fused-ring (bicyclic) bond motifs is 2. The largest absolute Gasteiger partial charge is 0.491 e. The van der Waals surface area contributed by atoms with Gasteiger partial charge in [0.2, 0.25) is 18.4 Å². The number of aromatic nitrogens is 2. The minimum atomic E-state index is -0.656. The van der Waals surface area contributed by atoms with E-state index in [2.05, 4.69) is 9.97 Å². The molecule has 3 aromatic rings. The summed E-state index contributed by atoms with van der Waals surface area (Å²) >= 11 is 0. The summed E-state index contributed by atoms with van der Waals surface area (Å²) in [7, 11) is 4.41. The zero-order chi connectivity index (χ0) is 22.8. The third-order valence-electron chi connectivity index (χ3n) is 5.00. The summed E-state index contributed by atoms with van der Waals surface area (Å²) in [6.07, 6.45) is 0.324. The number of carbonyl (C=O) groups excluding carboxylic acids is 1. The molecule has 2 heterocycles. The van der Waals surface area contributed by atoms with Crippen molar-refractivity contribution in [3.8, 4) is 28.7 Å². The number of carbonyl (C=O) groups is 1. The average molecular weight is 441 g/mol. The molecule has 0 saturated heterocycles. The lowest BCUT2D eigenvalue weighted by Gasteiger charge is -2.19. The van der Waals surface area contributed by atoms with E-state index < -0.39 is 5.97 Å².